The van der Waals surface area contributed by atoms with E-state index in [4.69, 9.17) is 0 Å². The molecular formula is C13H19BrN2OS. The number of hydrogen-bond acceptors (Lipinski definition) is 3. The van der Waals surface area contributed by atoms with Gasteiger partial charge in [-0.2, -0.15) is 0 Å². The monoisotopic (exact) mass is 330 g/mol. The molecule has 18 heavy (non-hydrogen) atoms. The maximum absolute atomic E-state index is 12.5. The number of carbonyl (C=O) groups excluding carboxylic acids is 1. The van der Waals surface area contributed by atoms with Crippen LogP contribution in [0.4, 0.5) is 0 Å². The minimum atomic E-state index is 0.184. The highest BCUT2D eigenvalue weighted by atomic mass is 79.9. The predicted molar refractivity (Wildman–Crippen MR) is 79.4 cm³/mol. The summed E-state index contributed by atoms with van der Waals surface area (Å²) in [6, 6.07) is 2.38. The van der Waals surface area contributed by atoms with Gasteiger partial charge in [0.15, 0.2) is 0 Å². The summed E-state index contributed by atoms with van der Waals surface area (Å²) >= 11 is 5.03. The number of nitrogens with zero attached hydrogens (tertiary/aromatic N) is 1. The molecule has 0 radical (unpaired) electrons. The van der Waals surface area contributed by atoms with Crippen LogP contribution in [-0.2, 0) is 0 Å². The summed E-state index contributed by atoms with van der Waals surface area (Å²) < 4.78 is 1.06. The zero-order valence-corrected chi connectivity index (χ0v) is 13.2. The summed E-state index contributed by atoms with van der Waals surface area (Å²) in [6.07, 6.45) is 2.12. The molecule has 0 saturated carbocycles. The maximum atomic E-state index is 12.5. The molecule has 0 aromatic carbocycles. The molecule has 1 aromatic rings. The number of hydrogen-bond donors (Lipinski definition) is 1. The smallest absolute Gasteiger partial charge is 0.264 e. The Balaban J connectivity index is 2.13. The van der Waals surface area contributed by atoms with Crippen LogP contribution in [0, 0.1) is 6.92 Å². The van der Waals surface area contributed by atoms with E-state index < -0.39 is 0 Å². The average Bonchev–Trinajstić information content (AvgIpc) is 2.72. The molecule has 5 heteroatoms. The zero-order chi connectivity index (χ0) is 13.1. The number of rotatable bonds is 3. The number of halogens is 1. The van der Waals surface area contributed by atoms with Crippen LogP contribution in [-0.4, -0.2) is 36.5 Å². The Labute approximate surface area is 121 Å². The molecule has 1 fully saturated rings. The van der Waals surface area contributed by atoms with E-state index in [0.717, 1.165) is 46.7 Å². The van der Waals surface area contributed by atoms with Crippen LogP contribution in [0.15, 0.2) is 9.85 Å². The Morgan fingerprint density at radius 2 is 2.22 bits per heavy atom. The lowest BCUT2D eigenvalue weighted by Gasteiger charge is -2.33. The molecule has 1 N–H and O–H groups in total. The molecule has 2 rings (SSSR count). The fourth-order valence-electron chi connectivity index (χ4n) is 2.39. The first-order valence-electron chi connectivity index (χ1n) is 6.41. The lowest BCUT2D eigenvalue weighted by atomic mass is 10.0. The van der Waals surface area contributed by atoms with Gasteiger partial charge in [-0.25, -0.2) is 0 Å². The molecule has 1 amide bonds. The van der Waals surface area contributed by atoms with Crippen LogP contribution in [0.25, 0.3) is 0 Å². The summed E-state index contributed by atoms with van der Waals surface area (Å²) in [5.74, 6) is 0.184. The van der Waals surface area contributed by atoms with E-state index in [2.05, 4.69) is 28.2 Å². The van der Waals surface area contributed by atoms with E-state index in [-0.39, 0.29) is 5.91 Å². The van der Waals surface area contributed by atoms with E-state index in [1.165, 1.54) is 11.3 Å². The van der Waals surface area contributed by atoms with Crippen LogP contribution in [0.5, 0.6) is 0 Å². The first-order chi connectivity index (χ1) is 8.63. The second-order valence-corrected chi connectivity index (χ2v) is 7.01. The molecule has 1 saturated heterocycles. The number of carbonyl (C=O) groups is 1. The van der Waals surface area contributed by atoms with Gasteiger partial charge < -0.3 is 10.2 Å². The second-order valence-electron chi connectivity index (χ2n) is 4.64. The van der Waals surface area contributed by atoms with E-state index in [1.807, 2.05) is 17.9 Å². The fourth-order valence-corrected chi connectivity index (χ4v) is 3.88. The number of amides is 1. The van der Waals surface area contributed by atoms with Crippen molar-refractivity contribution in [3.8, 4) is 0 Å². The van der Waals surface area contributed by atoms with E-state index >= 15 is 0 Å². The summed E-state index contributed by atoms with van der Waals surface area (Å²) in [6.45, 7) is 6.91. The van der Waals surface area contributed by atoms with Gasteiger partial charge >= 0.3 is 0 Å². The Morgan fingerprint density at radius 3 is 2.72 bits per heavy atom. The van der Waals surface area contributed by atoms with Gasteiger partial charge in [-0.05, 0) is 67.3 Å². The quantitative estimate of drug-likeness (QED) is 0.923. The molecule has 0 unspecified atom stereocenters. The molecule has 1 aliphatic heterocycles. The van der Waals surface area contributed by atoms with Crippen LogP contribution in [0.2, 0.25) is 0 Å². The topological polar surface area (TPSA) is 32.3 Å². The van der Waals surface area contributed by atoms with Crippen molar-refractivity contribution < 1.29 is 4.79 Å². The molecule has 100 valence electrons. The molecular weight excluding hydrogens is 312 g/mol. The molecule has 2 heterocycles. The van der Waals surface area contributed by atoms with Gasteiger partial charge in [-0.3, -0.25) is 4.79 Å². The van der Waals surface area contributed by atoms with Crippen LogP contribution in [0.1, 0.15) is 35.0 Å². The fraction of sp³-hybridized carbons (Fsp3) is 0.615. The van der Waals surface area contributed by atoms with Crippen molar-refractivity contribution in [3.05, 3.63) is 20.3 Å². The third-order valence-corrected chi connectivity index (χ3v) is 5.54. The minimum absolute atomic E-state index is 0.184. The van der Waals surface area contributed by atoms with Crippen molar-refractivity contribution in [2.45, 2.75) is 32.7 Å². The van der Waals surface area contributed by atoms with Gasteiger partial charge in [0.05, 0.1) is 8.66 Å². The Kier molecular flexibility index (Phi) is 4.81. The van der Waals surface area contributed by atoms with Crippen molar-refractivity contribution in [2.75, 3.05) is 19.6 Å². The van der Waals surface area contributed by atoms with Crippen LogP contribution in [0.3, 0.4) is 0 Å². The van der Waals surface area contributed by atoms with E-state index in [1.54, 1.807) is 0 Å². The summed E-state index contributed by atoms with van der Waals surface area (Å²) in [4.78, 5) is 15.4. The Bertz CT molecular complexity index is 407. The highest BCUT2D eigenvalue weighted by Gasteiger charge is 2.26. The lowest BCUT2D eigenvalue weighted by molar-refractivity contribution is 0.0661. The number of nitrogens with one attached hydrogen (secondary N) is 1. The third-order valence-electron chi connectivity index (χ3n) is 3.42. The van der Waals surface area contributed by atoms with Crippen molar-refractivity contribution in [1.82, 2.24) is 10.2 Å². The van der Waals surface area contributed by atoms with Crippen LogP contribution < -0.4 is 5.32 Å². The van der Waals surface area contributed by atoms with Gasteiger partial charge in [0.25, 0.3) is 5.91 Å². The molecule has 0 bridgehead atoms. The zero-order valence-electron chi connectivity index (χ0n) is 10.8. The molecule has 3 nitrogen and oxygen atoms in total. The highest BCUT2D eigenvalue weighted by molar-refractivity contribution is 9.11. The van der Waals surface area contributed by atoms with Crippen molar-refractivity contribution in [1.29, 1.82) is 0 Å². The average molecular weight is 331 g/mol. The molecule has 0 aliphatic carbocycles. The lowest BCUT2D eigenvalue weighted by Crippen LogP contribution is -2.45. The van der Waals surface area contributed by atoms with Crippen molar-refractivity contribution >= 4 is 33.2 Å². The van der Waals surface area contributed by atoms with Gasteiger partial charge in [0.2, 0.25) is 0 Å². The van der Waals surface area contributed by atoms with Gasteiger partial charge in [-0.15, -0.1) is 11.3 Å². The summed E-state index contributed by atoms with van der Waals surface area (Å²) in [5.41, 5.74) is 1.14. The van der Waals surface area contributed by atoms with Gasteiger partial charge in [0.1, 0.15) is 0 Å². The minimum Gasteiger partial charge on any atom is -0.335 e. The molecule has 1 aliphatic rings. The first kappa shape index (κ1) is 14.0. The third kappa shape index (κ3) is 2.95. The Morgan fingerprint density at radius 1 is 1.56 bits per heavy atom. The largest absolute Gasteiger partial charge is 0.335 e. The normalized spacial score (nSPS) is 16.8. The first-order valence-corrected chi connectivity index (χ1v) is 8.02. The van der Waals surface area contributed by atoms with Crippen LogP contribution >= 0.6 is 27.3 Å². The summed E-state index contributed by atoms with van der Waals surface area (Å²) in [5, 5.41) is 3.34. The standard InChI is InChI=1S/C13H19BrN2OS/c1-3-16(10-4-6-15-7-5-10)13(17)11-8-9(2)12(14)18-11/h8,10,15H,3-7H2,1-2H3. The summed E-state index contributed by atoms with van der Waals surface area (Å²) in [7, 11) is 0. The number of aryl methyl sites for hydroxylation is 1. The maximum Gasteiger partial charge on any atom is 0.264 e. The predicted octanol–water partition coefficient (Wildman–Crippen LogP) is 3.03. The van der Waals surface area contributed by atoms with E-state index in [9.17, 15) is 4.79 Å². The number of thiophene rings is 1. The Hall–Kier alpha value is -0.390. The highest BCUT2D eigenvalue weighted by Crippen LogP contribution is 2.29. The second kappa shape index (κ2) is 6.17. The SMILES string of the molecule is CCN(C(=O)c1cc(C)c(Br)s1)C1CCNCC1. The van der Waals surface area contributed by atoms with E-state index in [0.29, 0.717) is 6.04 Å². The van der Waals surface area contributed by atoms with Crippen molar-refractivity contribution in [2.24, 2.45) is 0 Å². The molecule has 0 spiro atoms. The number of piperidine rings is 1. The van der Waals surface area contributed by atoms with Gasteiger partial charge in [0, 0.05) is 12.6 Å². The molecule has 1 aromatic heterocycles. The van der Waals surface area contributed by atoms with Crippen molar-refractivity contribution in [3.63, 3.8) is 0 Å². The van der Waals surface area contributed by atoms with Gasteiger partial charge in [-0.1, -0.05) is 0 Å². The molecule has 0 atom stereocenters.